The van der Waals surface area contributed by atoms with E-state index in [2.05, 4.69) is 57.9 Å². The van der Waals surface area contributed by atoms with Gasteiger partial charge >= 0.3 is 0 Å². The van der Waals surface area contributed by atoms with Crippen molar-refractivity contribution in [3.05, 3.63) is 101 Å². The molecule has 4 aromatic rings. The van der Waals surface area contributed by atoms with Gasteiger partial charge in [0.1, 0.15) is 18.2 Å². The molecule has 0 bridgehead atoms. The second kappa shape index (κ2) is 10.3. The number of fused-ring (bicyclic) bond motifs is 1. The van der Waals surface area contributed by atoms with Crippen LogP contribution in [0.4, 0.5) is 0 Å². The fraction of sp³-hybridized carbons (Fsp3) is 0.160. The maximum Gasteiger partial charge on any atom is 0.282 e. The molecule has 5 nitrogen and oxygen atoms in total. The Morgan fingerprint density at radius 3 is 2.39 bits per heavy atom. The van der Waals surface area contributed by atoms with Crippen LogP contribution in [0.2, 0.25) is 0 Å². The topological polar surface area (TPSA) is 56.5 Å². The molecule has 0 spiro atoms. The van der Waals surface area contributed by atoms with Gasteiger partial charge in [-0.05, 0) is 73.3 Å². The highest BCUT2D eigenvalue weighted by Crippen LogP contribution is 2.35. The molecule has 0 radical (unpaired) electrons. The maximum atomic E-state index is 13.2. The minimum atomic E-state index is -0.206. The van der Waals surface area contributed by atoms with Gasteiger partial charge in [0.2, 0.25) is 0 Å². The number of halogens is 3. The van der Waals surface area contributed by atoms with E-state index in [-0.39, 0.29) is 11.5 Å². The Bertz CT molecular complexity index is 1380. The first-order chi connectivity index (χ1) is 15.8. The summed E-state index contributed by atoms with van der Waals surface area (Å²) in [5, 5.41) is 5.01. The normalized spacial score (nSPS) is 11.6. The summed E-state index contributed by atoms with van der Waals surface area (Å²) in [7, 11) is 0. The van der Waals surface area contributed by atoms with E-state index in [4.69, 9.17) is 4.74 Å². The highest BCUT2D eigenvalue weighted by molar-refractivity contribution is 9.11. The Kier molecular flexibility index (Phi) is 7.46. The van der Waals surface area contributed by atoms with Crippen molar-refractivity contribution in [1.82, 2.24) is 9.66 Å². The van der Waals surface area contributed by atoms with Crippen LogP contribution < -0.4 is 10.3 Å². The van der Waals surface area contributed by atoms with E-state index in [0.29, 0.717) is 29.1 Å². The van der Waals surface area contributed by atoms with Crippen molar-refractivity contribution in [2.24, 2.45) is 5.10 Å². The molecule has 3 aromatic carbocycles. The second-order valence-corrected chi connectivity index (χ2v) is 10.4. The lowest BCUT2D eigenvalue weighted by Crippen LogP contribution is -2.23. The molecular weight excluding hydrogens is 614 g/mol. The minimum absolute atomic E-state index is 0.0233. The molecule has 0 N–H and O–H groups in total. The third kappa shape index (κ3) is 5.45. The number of aromatic nitrogens is 2. The van der Waals surface area contributed by atoms with Crippen LogP contribution in [0.25, 0.3) is 10.9 Å². The van der Waals surface area contributed by atoms with Gasteiger partial charge in [-0.3, -0.25) is 4.79 Å². The smallest absolute Gasteiger partial charge is 0.282 e. The first kappa shape index (κ1) is 23.9. The molecule has 0 aliphatic carbocycles. The zero-order valence-electron chi connectivity index (χ0n) is 17.9. The van der Waals surface area contributed by atoms with Crippen molar-refractivity contribution in [2.75, 3.05) is 0 Å². The molecule has 0 saturated heterocycles. The monoisotopic (exact) mass is 631 g/mol. The molecule has 0 amide bonds. The summed E-state index contributed by atoms with van der Waals surface area (Å²) >= 11 is 10.6. The Morgan fingerprint density at radius 2 is 1.73 bits per heavy atom. The molecule has 1 heterocycles. The molecule has 33 heavy (non-hydrogen) atoms. The third-order valence-electron chi connectivity index (χ3n) is 4.92. The van der Waals surface area contributed by atoms with E-state index in [1.807, 2.05) is 68.4 Å². The summed E-state index contributed by atoms with van der Waals surface area (Å²) in [5.74, 6) is 1.33. The fourth-order valence-electron chi connectivity index (χ4n) is 3.30. The summed E-state index contributed by atoms with van der Waals surface area (Å²) in [5.41, 5.74) is 2.33. The summed E-state index contributed by atoms with van der Waals surface area (Å²) < 4.78 is 9.76. The van der Waals surface area contributed by atoms with Gasteiger partial charge in [0.05, 0.1) is 26.1 Å². The molecular formula is C25H20Br3N3O2. The van der Waals surface area contributed by atoms with Crippen molar-refractivity contribution >= 4 is 64.9 Å². The van der Waals surface area contributed by atoms with Crippen LogP contribution in [0.3, 0.4) is 0 Å². The number of rotatable bonds is 6. The molecule has 0 atom stereocenters. The van der Waals surface area contributed by atoms with Gasteiger partial charge in [0.15, 0.2) is 0 Å². The molecule has 0 aliphatic heterocycles. The van der Waals surface area contributed by atoms with Crippen LogP contribution >= 0.6 is 47.8 Å². The van der Waals surface area contributed by atoms with Crippen LogP contribution in [-0.4, -0.2) is 15.9 Å². The van der Waals surface area contributed by atoms with Crippen LogP contribution in [0.1, 0.15) is 36.7 Å². The first-order valence-electron chi connectivity index (χ1n) is 10.3. The second-order valence-electron chi connectivity index (χ2n) is 7.74. The van der Waals surface area contributed by atoms with E-state index < -0.39 is 0 Å². The Labute approximate surface area is 216 Å². The van der Waals surface area contributed by atoms with Gasteiger partial charge in [-0.1, -0.05) is 60.1 Å². The van der Waals surface area contributed by atoms with Gasteiger partial charge in [-0.2, -0.15) is 9.78 Å². The average molecular weight is 634 g/mol. The van der Waals surface area contributed by atoms with Crippen molar-refractivity contribution in [3.8, 4) is 5.75 Å². The Morgan fingerprint density at radius 1 is 1.03 bits per heavy atom. The molecule has 168 valence electrons. The third-order valence-corrected chi connectivity index (χ3v) is 6.59. The maximum absolute atomic E-state index is 13.2. The molecule has 1 aromatic heterocycles. The molecule has 8 heteroatoms. The van der Waals surface area contributed by atoms with E-state index in [9.17, 15) is 4.79 Å². The van der Waals surface area contributed by atoms with Gasteiger partial charge in [0.25, 0.3) is 5.56 Å². The lowest BCUT2D eigenvalue weighted by atomic mass is 10.2. The van der Waals surface area contributed by atoms with Crippen LogP contribution in [0.15, 0.2) is 84.0 Å². The van der Waals surface area contributed by atoms with Crippen LogP contribution in [0, 0.1) is 0 Å². The molecule has 0 aliphatic rings. The lowest BCUT2D eigenvalue weighted by molar-refractivity contribution is 0.302. The number of nitrogens with zero attached hydrogens (tertiary/aromatic N) is 3. The number of hydrogen-bond acceptors (Lipinski definition) is 4. The van der Waals surface area contributed by atoms with Crippen molar-refractivity contribution in [2.45, 2.75) is 26.4 Å². The highest BCUT2D eigenvalue weighted by Gasteiger charge is 2.14. The first-order valence-corrected chi connectivity index (χ1v) is 12.6. The van der Waals surface area contributed by atoms with Gasteiger partial charge in [-0.25, -0.2) is 4.98 Å². The zero-order chi connectivity index (χ0) is 23.5. The molecule has 0 unspecified atom stereocenters. The summed E-state index contributed by atoms with van der Waals surface area (Å²) in [4.78, 5) is 17.9. The average Bonchev–Trinajstić information content (AvgIpc) is 2.78. The Hall–Kier alpha value is -2.29. The summed E-state index contributed by atoms with van der Waals surface area (Å²) in [6.07, 6.45) is 1.65. The van der Waals surface area contributed by atoms with Crippen molar-refractivity contribution < 1.29 is 4.74 Å². The van der Waals surface area contributed by atoms with E-state index in [0.717, 1.165) is 24.5 Å². The fourth-order valence-corrected chi connectivity index (χ4v) is 5.11. The van der Waals surface area contributed by atoms with E-state index in [1.54, 1.807) is 12.3 Å². The van der Waals surface area contributed by atoms with Gasteiger partial charge < -0.3 is 4.74 Å². The largest absolute Gasteiger partial charge is 0.487 e. The highest BCUT2D eigenvalue weighted by atomic mass is 79.9. The standard InChI is InChI=1S/C25H20Br3N3O2/c1-15(2)24-30-22-9-8-18(26)12-19(22)25(32)31(24)29-13-17-10-20(27)23(21(28)11-17)33-14-16-6-4-3-5-7-16/h3-13,15H,14H2,1-2H3. The molecule has 0 fully saturated rings. The molecule has 0 saturated carbocycles. The molecule has 4 rings (SSSR count). The van der Waals surface area contributed by atoms with Gasteiger partial charge in [0, 0.05) is 10.4 Å². The predicted molar refractivity (Wildman–Crippen MR) is 143 cm³/mol. The summed E-state index contributed by atoms with van der Waals surface area (Å²) in [6.45, 7) is 4.44. The minimum Gasteiger partial charge on any atom is -0.487 e. The van der Waals surface area contributed by atoms with Gasteiger partial charge in [-0.15, -0.1) is 0 Å². The SMILES string of the molecule is CC(C)c1nc2ccc(Br)cc2c(=O)n1N=Cc1cc(Br)c(OCc2ccccc2)c(Br)c1. The number of ether oxygens (including phenoxy) is 1. The lowest BCUT2D eigenvalue weighted by Gasteiger charge is -2.13. The zero-order valence-corrected chi connectivity index (χ0v) is 22.7. The number of hydrogen-bond donors (Lipinski definition) is 0. The van der Waals surface area contributed by atoms with Crippen molar-refractivity contribution in [1.29, 1.82) is 0 Å². The predicted octanol–water partition coefficient (Wildman–Crippen LogP) is 7.27. The van der Waals surface area contributed by atoms with Crippen LogP contribution in [0.5, 0.6) is 5.75 Å². The Balaban J connectivity index is 1.67. The van der Waals surface area contributed by atoms with E-state index in [1.165, 1.54) is 4.68 Å². The van der Waals surface area contributed by atoms with E-state index >= 15 is 0 Å². The van der Waals surface area contributed by atoms with Crippen LogP contribution in [-0.2, 0) is 6.61 Å². The number of benzene rings is 3. The van der Waals surface area contributed by atoms with Crippen molar-refractivity contribution in [3.63, 3.8) is 0 Å². The summed E-state index contributed by atoms with van der Waals surface area (Å²) in [6, 6.07) is 19.3. The quantitative estimate of drug-likeness (QED) is 0.210.